The molecule has 1 aromatic carbocycles. The van der Waals surface area contributed by atoms with Crippen molar-refractivity contribution in [3.05, 3.63) is 34.4 Å². The molecule has 0 bridgehead atoms. The van der Waals surface area contributed by atoms with Crippen LogP contribution in [-0.2, 0) is 11.3 Å². The average Bonchev–Trinajstić information content (AvgIpc) is 2.13. The van der Waals surface area contributed by atoms with Crippen LogP contribution < -0.4 is 5.32 Å². The molecule has 0 aliphatic heterocycles. The van der Waals surface area contributed by atoms with Crippen molar-refractivity contribution in [3.63, 3.8) is 0 Å². The Bertz CT molecular complexity index is 415. The summed E-state index contributed by atoms with van der Waals surface area (Å²) >= 11 is 0. The topological polar surface area (TPSA) is 29.1 Å². The number of amides is 1. The SMILES string of the molecule is Cc1cc(C)c(CNC(=O)C(F)(F)F)c(C)c1. The highest BCUT2D eigenvalue weighted by Gasteiger charge is 2.38. The molecule has 0 saturated carbocycles. The molecule has 1 aromatic rings. The molecule has 5 heteroatoms. The van der Waals surface area contributed by atoms with Crippen LogP contribution in [0.4, 0.5) is 13.2 Å². The minimum absolute atomic E-state index is 0.101. The van der Waals surface area contributed by atoms with Gasteiger partial charge in [0, 0.05) is 6.54 Å². The highest BCUT2D eigenvalue weighted by molar-refractivity contribution is 5.81. The number of halogens is 3. The van der Waals surface area contributed by atoms with Crippen LogP contribution in [0.25, 0.3) is 0 Å². The second kappa shape index (κ2) is 4.77. The zero-order valence-corrected chi connectivity index (χ0v) is 9.90. The first-order chi connectivity index (χ1) is 7.71. The van der Waals surface area contributed by atoms with Crippen LogP contribution in [0.2, 0.25) is 0 Å². The Morgan fingerprint density at radius 1 is 1.18 bits per heavy atom. The lowest BCUT2D eigenvalue weighted by molar-refractivity contribution is -0.173. The predicted octanol–water partition coefficient (Wildman–Crippen LogP) is 2.79. The fourth-order valence-electron chi connectivity index (χ4n) is 1.76. The van der Waals surface area contributed by atoms with Gasteiger partial charge >= 0.3 is 12.1 Å². The highest BCUT2D eigenvalue weighted by Crippen LogP contribution is 2.18. The van der Waals surface area contributed by atoms with Crippen molar-refractivity contribution in [1.29, 1.82) is 0 Å². The summed E-state index contributed by atoms with van der Waals surface area (Å²) in [6.07, 6.45) is -4.83. The molecule has 0 atom stereocenters. The molecule has 0 aliphatic rings. The van der Waals surface area contributed by atoms with E-state index in [-0.39, 0.29) is 6.54 Å². The maximum atomic E-state index is 12.0. The fourth-order valence-corrected chi connectivity index (χ4v) is 1.76. The fraction of sp³-hybridized carbons (Fsp3) is 0.417. The Kier molecular flexibility index (Phi) is 3.80. The van der Waals surface area contributed by atoms with Crippen LogP contribution in [0.1, 0.15) is 22.3 Å². The van der Waals surface area contributed by atoms with Gasteiger partial charge < -0.3 is 5.32 Å². The van der Waals surface area contributed by atoms with Crippen molar-refractivity contribution in [1.82, 2.24) is 5.32 Å². The van der Waals surface area contributed by atoms with Crippen molar-refractivity contribution < 1.29 is 18.0 Å². The number of hydrogen-bond donors (Lipinski definition) is 1. The van der Waals surface area contributed by atoms with E-state index < -0.39 is 12.1 Å². The standard InChI is InChI=1S/C12H14F3NO/c1-7-4-8(2)10(9(3)5-7)6-16-11(17)12(13,14)15/h4-5H,6H2,1-3H3,(H,16,17). The number of carbonyl (C=O) groups is 1. The summed E-state index contributed by atoms with van der Waals surface area (Å²) in [5, 5.41) is 1.88. The molecule has 94 valence electrons. The maximum Gasteiger partial charge on any atom is 0.471 e. The molecule has 1 rings (SSSR count). The number of carbonyl (C=O) groups excluding carboxylic acids is 1. The number of benzene rings is 1. The summed E-state index contributed by atoms with van der Waals surface area (Å²) in [7, 11) is 0. The molecule has 2 nitrogen and oxygen atoms in total. The summed E-state index contributed by atoms with van der Waals surface area (Å²) in [5.74, 6) is -1.91. The van der Waals surface area contributed by atoms with Gasteiger partial charge in [-0.25, -0.2) is 0 Å². The van der Waals surface area contributed by atoms with Gasteiger partial charge in [0.2, 0.25) is 0 Å². The van der Waals surface area contributed by atoms with Gasteiger partial charge in [-0.15, -0.1) is 0 Å². The zero-order chi connectivity index (χ0) is 13.2. The van der Waals surface area contributed by atoms with E-state index >= 15 is 0 Å². The monoisotopic (exact) mass is 245 g/mol. The molecular formula is C12H14F3NO. The molecule has 0 saturated heterocycles. The van der Waals surface area contributed by atoms with E-state index in [9.17, 15) is 18.0 Å². The maximum absolute atomic E-state index is 12.0. The van der Waals surface area contributed by atoms with E-state index in [2.05, 4.69) is 0 Å². The average molecular weight is 245 g/mol. The number of hydrogen-bond acceptors (Lipinski definition) is 1. The molecule has 0 heterocycles. The van der Waals surface area contributed by atoms with Crippen LogP contribution >= 0.6 is 0 Å². The first kappa shape index (κ1) is 13.5. The van der Waals surface area contributed by atoms with Crippen LogP contribution in [0, 0.1) is 20.8 Å². The third kappa shape index (κ3) is 3.47. The van der Waals surface area contributed by atoms with Crippen LogP contribution in [-0.4, -0.2) is 12.1 Å². The Balaban J connectivity index is 2.80. The lowest BCUT2D eigenvalue weighted by Gasteiger charge is -2.13. The molecule has 17 heavy (non-hydrogen) atoms. The van der Waals surface area contributed by atoms with Gasteiger partial charge in [0.1, 0.15) is 0 Å². The molecule has 0 aliphatic carbocycles. The van der Waals surface area contributed by atoms with E-state index in [1.807, 2.05) is 38.2 Å². The molecule has 0 spiro atoms. The number of aryl methyl sites for hydroxylation is 3. The van der Waals surface area contributed by atoms with Crippen LogP contribution in [0.5, 0.6) is 0 Å². The molecule has 1 amide bonds. The highest BCUT2D eigenvalue weighted by atomic mass is 19.4. The minimum Gasteiger partial charge on any atom is -0.344 e. The Morgan fingerprint density at radius 2 is 1.65 bits per heavy atom. The smallest absolute Gasteiger partial charge is 0.344 e. The van der Waals surface area contributed by atoms with Crippen molar-refractivity contribution in [2.45, 2.75) is 33.5 Å². The second-order valence-electron chi connectivity index (χ2n) is 4.06. The third-order valence-corrected chi connectivity index (χ3v) is 2.52. The Labute approximate surface area is 97.8 Å². The van der Waals surface area contributed by atoms with E-state index in [1.54, 1.807) is 0 Å². The third-order valence-electron chi connectivity index (χ3n) is 2.52. The van der Waals surface area contributed by atoms with Gasteiger partial charge in [-0.1, -0.05) is 17.7 Å². The summed E-state index contributed by atoms with van der Waals surface area (Å²) in [6.45, 7) is 5.44. The molecule has 0 radical (unpaired) electrons. The van der Waals surface area contributed by atoms with E-state index in [0.29, 0.717) is 0 Å². The molecule has 1 N–H and O–H groups in total. The van der Waals surface area contributed by atoms with Crippen molar-refractivity contribution in [3.8, 4) is 0 Å². The van der Waals surface area contributed by atoms with Gasteiger partial charge in [0.05, 0.1) is 0 Å². The van der Waals surface area contributed by atoms with Crippen LogP contribution in [0.15, 0.2) is 12.1 Å². The normalized spacial score (nSPS) is 11.4. The van der Waals surface area contributed by atoms with E-state index in [4.69, 9.17) is 0 Å². The first-order valence-electron chi connectivity index (χ1n) is 5.13. The van der Waals surface area contributed by atoms with Crippen molar-refractivity contribution in [2.75, 3.05) is 0 Å². The van der Waals surface area contributed by atoms with E-state index in [1.165, 1.54) is 0 Å². The molecular weight excluding hydrogens is 231 g/mol. The zero-order valence-electron chi connectivity index (χ0n) is 9.90. The summed E-state index contributed by atoms with van der Waals surface area (Å²) in [4.78, 5) is 10.7. The summed E-state index contributed by atoms with van der Waals surface area (Å²) in [5.41, 5.74) is 3.54. The van der Waals surface area contributed by atoms with Crippen LogP contribution in [0.3, 0.4) is 0 Å². The Hall–Kier alpha value is -1.52. The lowest BCUT2D eigenvalue weighted by atomic mass is 10.00. The van der Waals surface area contributed by atoms with E-state index in [0.717, 1.165) is 22.3 Å². The molecule has 0 unspecified atom stereocenters. The van der Waals surface area contributed by atoms with Gasteiger partial charge in [-0.3, -0.25) is 4.79 Å². The largest absolute Gasteiger partial charge is 0.471 e. The van der Waals surface area contributed by atoms with Gasteiger partial charge in [-0.2, -0.15) is 13.2 Å². The predicted molar refractivity (Wildman–Crippen MR) is 58.6 cm³/mol. The number of nitrogens with one attached hydrogen (secondary N) is 1. The summed E-state index contributed by atoms with van der Waals surface area (Å²) in [6, 6.07) is 3.75. The van der Waals surface area contributed by atoms with Gasteiger partial charge in [0.25, 0.3) is 0 Å². The number of rotatable bonds is 2. The quantitative estimate of drug-likeness (QED) is 0.852. The van der Waals surface area contributed by atoms with Gasteiger partial charge in [0.15, 0.2) is 0 Å². The molecule has 0 aromatic heterocycles. The lowest BCUT2D eigenvalue weighted by Crippen LogP contribution is -2.36. The van der Waals surface area contributed by atoms with Crippen molar-refractivity contribution >= 4 is 5.91 Å². The Morgan fingerprint density at radius 3 is 2.06 bits per heavy atom. The minimum atomic E-state index is -4.83. The summed E-state index contributed by atoms with van der Waals surface area (Å²) < 4.78 is 36.0. The molecule has 0 fully saturated rings. The first-order valence-corrected chi connectivity index (χ1v) is 5.13. The number of alkyl halides is 3. The second-order valence-corrected chi connectivity index (χ2v) is 4.06. The van der Waals surface area contributed by atoms with Gasteiger partial charge in [-0.05, 0) is 37.5 Å². The van der Waals surface area contributed by atoms with Crippen molar-refractivity contribution in [2.24, 2.45) is 0 Å².